The Balaban J connectivity index is 2.62. The molecule has 0 aliphatic carbocycles. The van der Waals surface area contributed by atoms with E-state index < -0.39 is 43.1 Å². The fraction of sp³-hybridized carbons (Fsp3) is 0.750. The smallest absolute Gasteiger partial charge is 0.333 e. The lowest BCUT2D eigenvalue weighted by molar-refractivity contribution is -0.148. The zero-order chi connectivity index (χ0) is 14.6. The van der Waals surface area contributed by atoms with Crippen LogP contribution in [0, 0.1) is 0 Å². The van der Waals surface area contributed by atoms with Gasteiger partial charge in [0.2, 0.25) is 0 Å². The van der Waals surface area contributed by atoms with E-state index in [1.54, 1.807) is 0 Å². The van der Waals surface area contributed by atoms with E-state index in [4.69, 9.17) is 14.6 Å². The number of hydrogen-bond donors (Lipinski definition) is 4. The molecule has 0 amide bonds. The van der Waals surface area contributed by atoms with Crippen LogP contribution in [0.2, 0.25) is 0 Å². The SMILES string of the molecule is C=C(C)C(=O)OCCC1(CO)O[C@H](CO)[C@@H](O)[C@@H]1O. The quantitative estimate of drug-likeness (QED) is 0.339. The Morgan fingerprint density at radius 1 is 1.42 bits per heavy atom. The fourth-order valence-electron chi connectivity index (χ4n) is 1.96. The highest BCUT2D eigenvalue weighted by molar-refractivity contribution is 5.86. The van der Waals surface area contributed by atoms with Crippen molar-refractivity contribution in [3.05, 3.63) is 12.2 Å². The molecule has 4 N–H and O–H groups in total. The average molecular weight is 276 g/mol. The van der Waals surface area contributed by atoms with Gasteiger partial charge >= 0.3 is 5.97 Å². The van der Waals surface area contributed by atoms with Crippen LogP contribution in [0.4, 0.5) is 0 Å². The third kappa shape index (κ3) is 3.31. The van der Waals surface area contributed by atoms with Gasteiger partial charge in [-0.15, -0.1) is 0 Å². The zero-order valence-electron chi connectivity index (χ0n) is 10.8. The second kappa shape index (κ2) is 6.44. The van der Waals surface area contributed by atoms with Crippen LogP contribution in [0.5, 0.6) is 0 Å². The Bertz CT molecular complexity index is 343. The molecule has 4 atom stereocenters. The molecule has 0 aromatic carbocycles. The summed E-state index contributed by atoms with van der Waals surface area (Å²) < 4.78 is 10.2. The molecule has 0 spiro atoms. The summed E-state index contributed by atoms with van der Waals surface area (Å²) in [4.78, 5) is 11.2. The van der Waals surface area contributed by atoms with Crippen LogP contribution in [0.1, 0.15) is 13.3 Å². The molecule has 0 aromatic rings. The molecule has 7 nitrogen and oxygen atoms in total. The lowest BCUT2D eigenvalue weighted by atomic mass is 9.92. The highest BCUT2D eigenvalue weighted by Crippen LogP contribution is 2.33. The molecule has 0 bridgehead atoms. The van der Waals surface area contributed by atoms with Crippen molar-refractivity contribution in [1.82, 2.24) is 0 Å². The largest absolute Gasteiger partial charge is 0.462 e. The van der Waals surface area contributed by atoms with Crippen LogP contribution in [-0.2, 0) is 14.3 Å². The van der Waals surface area contributed by atoms with Crippen molar-refractivity contribution in [3.63, 3.8) is 0 Å². The Kier molecular flexibility index (Phi) is 5.45. The number of aliphatic hydroxyl groups excluding tert-OH is 4. The number of ether oxygens (including phenoxy) is 2. The van der Waals surface area contributed by atoms with Gasteiger partial charge in [-0.3, -0.25) is 0 Å². The second-order valence-corrected chi connectivity index (χ2v) is 4.66. The summed E-state index contributed by atoms with van der Waals surface area (Å²) in [5, 5.41) is 37.9. The van der Waals surface area contributed by atoms with E-state index in [1.807, 2.05) is 0 Å². The van der Waals surface area contributed by atoms with E-state index in [1.165, 1.54) is 6.92 Å². The van der Waals surface area contributed by atoms with E-state index >= 15 is 0 Å². The third-order valence-corrected chi connectivity index (χ3v) is 3.18. The number of aliphatic hydroxyl groups is 4. The Hall–Kier alpha value is -0.990. The number of esters is 1. The minimum atomic E-state index is -1.44. The second-order valence-electron chi connectivity index (χ2n) is 4.66. The molecule has 110 valence electrons. The molecular formula is C12H20O7. The molecule has 0 saturated carbocycles. The Morgan fingerprint density at radius 3 is 2.47 bits per heavy atom. The number of rotatable bonds is 6. The summed E-state index contributed by atoms with van der Waals surface area (Å²) in [6.07, 6.45) is -3.64. The van der Waals surface area contributed by atoms with Gasteiger partial charge in [-0.1, -0.05) is 6.58 Å². The van der Waals surface area contributed by atoms with Crippen LogP contribution >= 0.6 is 0 Å². The maximum absolute atomic E-state index is 11.2. The van der Waals surface area contributed by atoms with Gasteiger partial charge in [0.15, 0.2) is 0 Å². The van der Waals surface area contributed by atoms with Gasteiger partial charge in [0.1, 0.15) is 23.9 Å². The summed E-state index contributed by atoms with van der Waals surface area (Å²) in [7, 11) is 0. The molecule has 1 aliphatic heterocycles. The topological polar surface area (TPSA) is 116 Å². The minimum Gasteiger partial charge on any atom is -0.462 e. The van der Waals surface area contributed by atoms with Gasteiger partial charge in [0.25, 0.3) is 0 Å². The molecule has 1 rings (SSSR count). The molecule has 1 heterocycles. The maximum atomic E-state index is 11.2. The Labute approximate surface area is 111 Å². The van der Waals surface area contributed by atoms with Crippen molar-refractivity contribution in [2.75, 3.05) is 19.8 Å². The molecule has 1 saturated heterocycles. The summed E-state index contributed by atoms with van der Waals surface area (Å²) in [5.41, 5.74) is -1.21. The van der Waals surface area contributed by atoms with Crippen molar-refractivity contribution in [3.8, 4) is 0 Å². The van der Waals surface area contributed by atoms with Crippen LogP contribution in [0.3, 0.4) is 0 Å². The zero-order valence-corrected chi connectivity index (χ0v) is 10.8. The van der Waals surface area contributed by atoms with Gasteiger partial charge < -0.3 is 29.9 Å². The van der Waals surface area contributed by atoms with Crippen LogP contribution in [-0.4, -0.2) is 70.1 Å². The summed E-state index contributed by atoms with van der Waals surface area (Å²) in [5.74, 6) is -0.583. The van der Waals surface area contributed by atoms with Gasteiger partial charge in [0.05, 0.1) is 19.8 Å². The molecule has 1 unspecified atom stereocenters. The predicted molar refractivity (Wildman–Crippen MR) is 64.2 cm³/mol. The van der Waals surface area contributed by atoms with Crippen molar-refractivity contribution < 1.29 is 34.7 Å². The third-order valence-electron chi connectivity index (χ3n) is 3.18. The minimum absolute atomic E-state index is 0.00273. The van der Waals surface area contributed by atoms with E-state index in [2.05, 4.69) is 6.58 Å². The lowest BCUT2D eigenvalue weighted by Gasteiger charge is -2.29. The first-order valence-corrected chi connectivity index (χ1v) is 5.96. The van der Waals surface area contributed by atoms with Crippen molar-refractivity contribution >= 4 is 5.97 Å². The predicted octanol–water partition coefficient (Wildman–Crippen LogP) is -1.66. The highest BCUT2D eigenvalue weighted by Gasteiger charge is 2.53. The first-order valence-electron chi connectivity index (χ1n) is 5.96. The van der Waals surface area contributed by atoms with Crippen LogP contribution < -0.4 is 0 Å². The van der Waals surface area contributed by atoms with E-state index in [9.17, 15) is 20.1 Å². The van der Waals surface area contributed by atoms with Gasteiger partial charge in [-0.2, -0.15) is 0 Å². The first-order chi connectivity index (χ1) is 8.88. The van der Waals surface area contributed by atoms with Crippen molar-refractivity contribution in [2.24, 2.45) is 0 Å². The highest BCUT2D eigenvalue weighted by atomic mass is 16.6. The van der Waals surface area contributed by atoms with E-state index in [0.29, 0.717) is 0 Å². The summed E-state index contributed by atoms with van der Waals surface area (Å²) >= 11 is 0. The van der Waals surface area contributed by atoms with Crippen molar-refractivity contribution in [2.45, 2.75) is 37.3 Å². The average Bonchev–Trinajstić information content (AvgIpc) is 2.63. The van der Waals surface area contributed by atoms with Crippen LogP contribution in [0.25, 0.3) is 0 Å². The molecule has 1 aliphatic rings. The summed E-state index contributed by atoms with van der Waals surface area (Å²) in [6, 6.07) is 0. The Morgan fingerprint density at radius 2 is 2.05 bits per heavy atom. The maximum Gasteiger partial charge on any atom is 0.333 e. The lowest BCUT2D eigenvalue weighted by Crippen LogP contribution is -2.47. The molecule has 7 heteroatoms. The van der Waals surface area contributed by atoms with Crippen LogP contribution in [0.15, 0.2) is 12.2 Å². The molecule has 0 aromatic heterocycles. The standard InChI is InChI=1S/C12H20O7/c1-7(2)11(17)18-4-3-12(6-14)10(16)9(15)8(5-13)19-12/h8-10,13-16H,1,3-6H2,2H3/t8-,9-,10+,12?/m1/s1. The number of carbonyl (C=O) groups excluding carboxylic acids is 1. The number of hydrogen-bond acceptors (Lipinski definition) is 7. The number of carbonyl (C=O) groups is 1. The first kappa shape index (κ1) is 16.1. The molecule has 0 radical (unpaired) electrons. The normalized spacial score (nSPS) is 34.3. The van der Waals surface area contributed by atoms with Gasteiger partial charge in [-0.05, 0) is 6.92 Å². The van der Waals surface area contributed by atoms with Gasteiger partial charge in [-0.25, -0.2) is 4.79 Å². The molecule has 1 fully saturated rings. The molecule has 19 heavy (non-hydrogen) atoms. The summed E-state index contributed by atoms with van der Waals surface area (Å²) in [6.45, 7) is 3.77. The monoisotopic (exact) mass is 276 g/mol. The van der Waals surface area contributed by atoms with E-state index in [-0.39, 0.29) is 18.6 Å². The molecular weight excluding hydrogens is 256 g/mol. The fourth-order valence-corrected chi connectivity index (χ4v) is 1.96. The van der Waals surface area contributed by atoms with Gasteiger partial charge in [0, 0.05) is 12.0 Å². The van der Waals surface area contributed by atoms with Crippen molar-refractivity contribution in [1.29, 1.82) is 0 Å². The van der Waals surface area contributed by atoms with E-state index in [0.717, 1.165) is 0 Å².